The highest BCUT2D eigenvalue weighted by Crippen LogP contribution is 2.28. The Morgan fingerprint density at radius 3 is 2.47 bits per heavy atom. The molecule has 1 heterocycles. The Morgan fingerprint density at radius 2 is 2.00 bits per heavy atom. The SMILES string of the molecule is CC(=O)N(Cc1ccccc1)CC1(C)COC1. The first kappa shape index (κ1) is 12.1. The van der Waals surface area contributed by atoms with Crippen molar-refractivity contribution >= 4 is 5.91 Å². The highest BCUT2D eigenvalue weighted by molar-refractivity contribution is 5.73. The molecular weight excluding hydrogens is 214 g/mol. The van der Waals surface area contributed by atoms with E-state index in [9.17, 15) is 4.79 Å². The summed E-state index contributed by atoms with van der Waals surface area (Å²) in [7, 11) is 0. The van der Waals surface area contributed by atoms with Gasteiger partial charge in [-0.2, -0.15) is 0 Å². The van der Waals surface area contributed by atoms with Crippen molar-refractivity contribution in [1.29, 1.82) is 0 Å². The molecule has 1 fully saturated rings. The molecule has 1 aromatic rings. The highest BCUT2D eigenvalue weighted by atomic mass is 16.5. The van der Waals surface area contributed by atoms with Crippen LogP contribution in [0, 0.1) is 5.41 Å². The van der Waals surface area contributed by atoms with Gasteiger partial charge >= 0.3 is 0 Å². The minimum atomic E-state index is 0.127. The van der Waals surface area contributed by atoms with E-state index in [0.29, 0.717) is 6.54 Å². The van der Waals surface area contributed by atoms with Crippen LogP contribution >= 0.6 is 0 Å². The lowest BCUT2D eigenvalue weighted by Crippen LogP contribution is -2.49. The molecule has 3 nitrogen and oxygen atoms in total. The van der Waals surface area contributed by atoms with Crippen LogP contribution in [0.2, 0.25) is 0 Å². The van der Waals surface area contributed by atoms with E-state index in [1.54, 1.807) is 6.92 Å². The fourth-order valence-electron chi connectivity index (χ4n) is 2.08. The molecule has 0 bridgehead atoms. The molecule has 0 atom stereocenters. The van der Waals surface area contributed by atoms with Crippen LogP contribution in [0.5, 0.6) is 0 Å². The average Bonchev–Trinajstić information content (AvgIpc) is 2.27. The van der Waals surface area contributed by atoms with Crippen molar-refractivity contribution in [3.8, 4) is 0 Å². The summed E-state index contributed by atoms with van der Waals surface area (Å²) >= 11 is 0. The standard InChI is InChI=1S/C14H19NO2/c1-12(16)15(9-14(2)10-17-11-14)8-13-6-4-3-5-7-13/h3-7H,8-11H2,1-2H3. The van der Waals surface area contributed by atoms with Gasteiger partial charge < -0.3 is 9.64 Å². The third kappa shape index (κ3) is 3.07. The Kier molecular flexibility index (Phi) is 3.48. The minimum absolute atomic E-state index is 0.127. The molecule has 17 heavy (non-hydrogen) atoms. The first-order valence-corrected chi connectivity index (χ1v) is 5.96. The molecule has 1 aliphatic rings. The van der Waals surface area contributed by atoms with Gasteiger partial charge in [-0.1, -0.05) is 37.3 Å². The smallest absolute Gasteiger partial charge is 0.219 e. The Labute approximate surface area is 102 Å². The molecular formula is C14H19NO2. The fraction of sp³-hybridized carbons (Fsp3) is 0.500. The van der Waals surface area contributed by atoms with Gasteiger partial charge in [0.1, 0.15) is 0 Å². The summed E-state index contributed by atoms with van der Waals surface area (Å²) < 4.78 is 5.23. The predicted molar refractivity (Wildman–Crippen MR) is 66.5 cm³/mol. The number of amides is 1. The van der Waals surface area contributed by atoms with Crippen LogP contribution in [0.4, 0.5) is 0 Å². The Bertz CT molecular complexity index is 384. The van der Waals surface area contributed by atoms with Gasteiger partial charge in [-0.15, -0.1) is 0 Å². The van der Waals surface area contributed by atoms with E-state index in [1.165, 1.54) is 5.56 Å². The lowest BCUT2D eigenvalue weighted by molar-refractivity contribution is -0.143. The summed E-state index contributed by atoms with van der Waals surface area (Å²) in [6.45, 7) is 6.77. The molecule has 0 radical (unpaired) electrons. The van der Waals surface area contributed by atoms with Crippen LogP contribution in [0.25, 0.3) is 0 Å². The van der Waals surface area contributed by atoms with E-state index in [2.05, 4.69) is 19.1 Å². The fourth-order valence-corrected chi connectivity index (χ4v) is 2.08. The second-order valence-electron chi connectivity index (χ2n) is 5.16. The summed E-state index contributed by atoms with van der Waals surface area (Å²) in [5.74, 6) is 0.127. The van der Waals surface area contributed by atoms with Crippen LogP contribution in [0.3, 0.4) is 0 Å². The minimum Gasteiger partial charge on any atom is -0.380 e. The summed E-state index contributed by atoms with van der Waals surface area (Å²) in [6, 6.07) is 10.1. The normalized spacial score (nSPS) is 17.3. The molecule has 0 N–H and O–H groups in total. The van der Waals surface area contributed by atoms with E-state index in [1.807, 2.05) is 23.1 Å². The number of hydrogen-bond donors (Lipinski definition) is 0. The molecule has 1 aromatic carbocycles. The molecule has 0 unspecified atom stereocenters. The van der Waals surface area contributed by atoms with Crippen LogP contribution < -0.4 is 0 Å². The predicted octanol–water partition coefficient (Wildman–Crippen LogP) is 2.07. The van der Waals surface area contributed by atoms with Crippen LogP contribution in [0.1, 0.15) is 19.4 Å². The van der Waals surface area contributed by atoms with Gasteiger partial charge in [-0.05, 0) is 5.56 Å². The zero-order chi connectivity index (χ0) is 12.3. The van der Waals surface area contributed by atoms with Crippen molar-refractivity contribution in [2.45, 2.75) is 20.4 Å². The zero-order valence-electron chi connectivity index (χ0n) is 10.5. The van der Waals surface area contributed by atoms with Gasteiger partial charge in [-0.25, -0.2) is 0 Å². The molecule has 92 valence electrons. The average molecular weight is 233 g/mol. The number of hydrogen-bond acceptors (Lipinski definition) is 2. The van der Waals surface area contributed by atoms with Crippen molar-refractivity contribution in [3.05, 3.63) is 35.9 Å². The van der Waals surface area contributed by atoms with Gasteiger partial charge in [0, 0.05) is 25.4 Å². The van der Waals surface area contributed by atoms with E-state index < -0.39 is 0 Å². The maximum absolute atomic E-state index is 11.7. The van der Waals surface area contributed by atoms with E-state index in [0.717, 1.165) is 19.8 Å². The molecule has 0 aliphatic carbocycles. The van der Waals surface area contributed by atoms with Crippen molar-refractivity contribution in [2.75, 3.05) is 19.8 Å². The van der Waals surface area contributed by atoms with E-state index >= 15 is 0 Å². The largest absolute Gasteiger partial charge is 0.380 e. The molecule has 3 heteroatoms. The molecule has 1 amide bonds. The molecule has 2 rings (SSSR count). The molecule has 0 saturated carbocycles. The topological polar surface area (TPSA) is 29.5 Å². The van der Waals surface area contributed by atoms with E-state index in [4.69, 9.17) is 4.74 Å². The summed E-state index contributed by atoms with van der Waals surface area (Å²) in [4.78, 5) is 13.6. The number of ether oxygens (including phenoxy) is 1. The van der Waals surface area contributed by atoms with Crippen molar-refractivity contribution < 1.29 is 9.53 Å². The maximum Gasteiger partial charge on any atom is 0.219 e. The Balaban J connectivity index is 2.00. The lowest BCUT2D eigenvalue weighted by atomic mass is 9.88. The van der Waals surface area contributed by atoms with Crippen molar-refractivity contribution in [1.82, 2.24) is 4.90 Å². The molecule has 0 spiro atoms. The van der Waals surface area contributed by atoms with E-state index in [-0.39, 0.29) is 11.3 Å². The van der Waals surface area contributed by atoms with Crippen LogP contribution in [-0.4, -0.2) is 30.6 Å². The van der Waals surface area contributed by atoms with Gasteiger partial charge in [0.15, 0.2) is 0 Å². The number of nitrogens with zero attached hydrogens (tertiary/aromatic N) is 1. The Morgan fingerprint density at radius 1 is 1.35 bits per heavy atom. The van der Waals surface area contributed by atoms with Crippen molar-refractivity contribution in [3.63, 3.8) is 0 Å². The second-order valence-corrected chi connectivity index (χ2v) is 5.16. The van der Waals surface area contributed by atoms with Gasteiger partial charge in [0.25, 0.3) is 0 Å². The number of carbonyl (C=O) groups is 1. The summed E-state index contributed by atoms with van der Waals surface area (Å²) in [5.41, 5.74) is 1.31. The highest BCUT2D eigenvalue weighted by Gasteiger charge is 2.35. The van der Waals surface area contributed by atoms with Gasteiger partial charge in [-0.3, -0.25) is 4.79 Å². The quantitative estimate of drug-likeness (QED) is 0.796. The molecule has 0 aromatic heterocycles. The summed E-state index contributed by atoms with van der Waals surface area (Å²) in [5, 5.41) is 0. The molecule has 1 saturated heterocycles. The number of rotatable bonds is 4. The first-order chi connectivity index (χ1) is 8.09. The zero-order valence-corrected chi connectivity index (χ0v) is 10.5. The monoisotopic (exact) mass is 233 g/mol. The van der Waals surface area contributed by atoms with Crippen LogP contribution in [-0.2, 0) is 16.1 Å². The summed E-state index contributed by atoms with van der Waals surface area (Å²) in [6.07, 6.45) is 0. The third-order valence-corrected chi connectivity index (χ3v) is 3.14. The van der Waals surface area contributed by atoms with Gasteiger partial charge in [0.05, 0.1) is 13.2 Å². The third-order valence-electron chi connectivity index (χ3n) is 3.14. The molecule has 1 aliphatic heterocycles. The maximum atomic E-state index is 11.7. The number of benzene rings is 1. The number of carbonyl (C=O) groups excluding carboxylic acids is 1. The van der Waals surface area contributed by atoms with Gasteiger partial charge in [0.2, 0.25) is 5.91 Å². The van der Waals surface area contributed by atoms with Crippen molar-refractivity contribution in [2.24, 2.45) is 5.41 Å². The Hall–Kier alpha value is -1.35. The second kappa shape index (κ2) is 4.88. The lowest BCUT2D eigenvalue weighted by Gasteiger charge is -2.41. The van der Waals surface area contributed by atoms with Crippen LogP contribution in [0.15, 0.2) is 30.3 Å². The first-order valence-electron chi connectivity index (χ1n) is 5.96.